The Morgan fingerprint density at radius 1 is 0.475 bits per heavy atom. The van der Waals surface area contributed by atoms with Gasteiger partial charge in [0.2, 0.25) is 0 Å². The van der Waals surface area contributed by atoms with Crippen LogP contribution >= 0.6 is 0 Å². The van der Waals surface area contributed by atoms with Gasteiger partial charge in [-0.3, -0.25) is 4.90 Å². The van der Waals surface area contributed by atoms with Gasteiger partial charge in [0, 0.05) is 37.8 Å². The van der Waals surface area contributed by atoms with Crippen LogP contribution in [0.3, 0.4) is 0 Å². The largest absolute Gasteiger partial charge is 0.511 e. The Hall–Kier alpha value is -0.940. The van der Waals surface area contributed by atoms with Gasteiger partial charge in [0.25, 0.3) is 0 Å². The maximum atomic E-state index is 13.0. The molecule has 0 aromatic rings. The van der Waals surface area contributed by atoms with Gasteiger partial charge < -0.3 is 0 Å². The minimum Gasteiger partial charge on any atom is -0.299 e. The van der Waals surface area contributed by atoms with Crippen molar-refractivity contribution in [1.82, 2.24) is 19.1 Å². The van der Waals surface area contributed by atoms with E-state index in [2.05, 4.69) is 0 Å². The minimum atomic E-state index is -5.97. The van der Waals surface area contributed by atoms with Crippen molar-refractivity contribution in [3.8, 4) is 0 Å². The first-order chi connectivity index (χ1) is 17.4. The highest BCUT2D eigenvalue weighted by atomic mass is 32.2. The molecule has 0 radical (unpaired) electrons. The van der Waals surface area contributed by atoms with Crippen LogP contribution in [0.15, 0.2) is 0 Å². The number of hydrogen-bond donors (Lipinski definition) is 3. The molecule has 0 unspecified atom stereocenters. The van der Waals surface area contributed by atoms with E-state index in [4.69, 9.17) is 0 Å². The van der Waals surface area contributed by atoms with E-state index >= 15 is 0 Å². The Labute approximate surface area is 227 Å². The van der Waals surface area contributed by atoms with Crippen molar-refractivity contribution in [3.05, 3.63) is 0 Å². The fraction of sp³-hybridized carbons (Fsp3) is 1.00. The first-order valence-electron chi connectivity index (χ1n) is 11.4. The highest BCUT2D eigenvalue weighted by molar-refractivity contribution is 7.90. The molecule has 0 saturated heterocycles. The highest BCUT2D eigenvalue weighted by Crippen LogP contribution is 2.26. The Kier molecular flexibility index (Phi) is 13.3. The number of halogens is 9. The molecule has 0 fully saturated rings. The van der Waals surface area contributed by atoms with E-state index in [1.165, 1.54) is 55.7 Å². The van der Waals surface area contributed by atoms with Gasteiger partial charge in [-0.25, -0.2) is 39.4 Å². The summed E-state index contributed by atoms with van der Waals surface area (Å²) in [6.07, 6.45) is 0. The summed E-state index contributed by atoms with van der Waals surface area (Å²) in [6.45, 7) is 5.21. The average Bonchev–Trinajstić information content (AvgIpc) is 2.68. The summed E-state index contributed by atoms with van der Waals surface area (Å²) in [5.74, 6) is -2.81. The third-order valence-corrected chi connectivity index (χ3v) is 9.28. The standard InChI is InChI=1S/C18H33F9N4O6S3/c1-10(2)13(28-38(32,33)16(19,20)21)7-31(8-14(11(3)4)29-39(34,35)17(22,23)24)9-15(12(5)6)30-40(36,37)18(25,26)27/h10-15,28-30H,7-9H2,1-6H3/t13-,14-,15-/m1/s1. The van der Waals surface area contributed by atoms with Crippen LogP contribution in [0.2, 0.25) is 0 Å². The lowest BCUT2D eigenvalue weighted by atomic mass is 10.00. The summed E-state index contributed by atoms with van der Waals surface area (Å²) >= 11 is 0. The first-order valence-corrected chi connectivity index (χ1v) is 15.9. The topological polar surface area (TPSA) is 142 Å². The molecular weight excluding hydrogens is 635 g/mol. The van der Waals surface area contributed by atoms with Crippen molar-refractivity contribution in [2.24, 2.45) is 17.8 Å². The Morgan fingerprint density at radius 2 is 0.650 bits per heavy atom. The molecule has 3 N–H and O–H groups in total. The highest BCUT2D eigenvalue weighted by Gasteiger charge is 2.50. The zero-order valence-corrected chi connectivity index (χ0v) is 24.6. The van der Waals surface area contributed by atoms with Crippen LogP contribution in [-0.2, 0) is 30.1 Å². The predicted octanol–water partition coefficient (Wildman–Crippen LogP) is 2.68. The van der Waals surface area contributed by atoms with Crippen molar-refractivity contribution in [3.63, 3.8) is 0 Å². The van der Waals surface area contributed by atoms with Gasteiger partial charge in [0.05, 0.1) is 0 Å². The third-order valence-electron chi connectivity index (χ3n) is 5.61. The second kappa shape index (κ2) is 13.6. The molecule has 0 heterocycles. The van der Waals surface area contributed by atoms with Gasteiger partial charge in [-0.1, -0.05) is 41.5 Å². The van der Waals surface area contributed by atoms with Gasteiger partial charge >= 0.3 is 46.6 Å². The molecule has 0 aliphatic rings. The number of nitrogens with zero attached hydrogens (tertiary/aromatic N) is 1. The lowest BCUT2D eigenvalue weighted by molar-refractivity contribution is -0.0457. The predicted molar refractivity (Wildman–Crippen MR) is 127 cm³/mol. The van der Waals surface area contributed by atoms with Crippen molar-refractivity contribution in [2.45, 2.75) is 76.2 Å². The maximum Gasteiger partial charge on any atom is 0.511 e. The smallest absolute Gasteiger partial charge is 0.299 e. The van der Waals surface area contributed by atoms with Gasteiger partial charge in [-0.15, -0.1) is 0 Å². The van der Waals surface area contributed by atoms with Crippen LogP contribution in [0.25, 0.3) is 0 Å². The van der Waals surface area contributed by atoms with E-state index in [0.717, 1.165) is 4.90 Å². The summed E-state index contributed by atoms with van der Waals surface area (Å²) < 4.78 is 191. The average molecular weight is 669 g/mol. The molecule has 0 aromatic heterocycles. The SMILES string of the molecule is CC(C)[C@@H](CN(C[C@@H](NS(=O)(=O)C(F)(F)F)C(C)C)C[C@@H](NS(=O)(=O)C(F)(F)F)C(C)C)NS(=O)(=O)C(F)(F)F. The van der Waals surface area contributed by atoms with Crippen LogP contribution in [0.5, 0.6) is 0 Å². The second-order valence-electron chi connectivity index (χ2n) is 9.97. The summed E-state index contributed by atoms with van der Waals surface area (Å²) in [7, 11) is -17.9. The monoisotopic (exact) mass is 668 g/mol. The molecule has 0 bridgehead atoms. The number of sulfonamides is 3. The minimum absolute atomic E-state index is 0.791. The summed E-state index contributed by atoms with van der Waals surface area (Å²) in [6, 6.07) is -4.94. The molecule has 0 amide bonds. The summed E-state index contributed by atoms with van der Waals surface area (Å²) in [5.41, 5.74) is -17.3. The van der Waals surface area contributed by atoms with Crippen LogP contribution in [0.1, 0.15) is 41.5 Å². The molecule has 0 spiro atoms. The zero-order chi connectivity index (χ0) is 32.3. The van der Waals surface area contributed by atoms with Crippen molar-refractivity contribution in [1.29, 1.82) is 0 Å². The molecule has 0 aliphatic carbocycles. The lowest BCUT2D eigenvalue weighted by Gasteiger charge is -2.37. The number of alkyl halides is 9. The van der Waals surface area contributed by atoms with Crippen molar-refractivity contribution < 1.29 is 64.8 Å². The van der Waals surface area contributed by atoms with Crippen LogP contribution < -0.4 is 14.2 Å². The molecule has 3 atom stereocenters. The van der Waals surface area contributed by atoms with E-state index in [-0.39, 0.29) is 0 Å². The third kappa shape index (κ3) is 11.4. The molecule has 10 nitrogen and oxygen atoms in total. The Bertz CT molecular complexity index is 994. The molecule has 0 rings (SSSR count). The number of nitrogens with one attached hydrogen (secondary N) is 3. The molecule has 242 valence electrons. The van der Waals surface area contributed by atoms with Gasteiger partial charge in [-0.2, -0.15) is 39.5 Å². The fourth-order valence-electron chi connectivity index (χ4n) is 3.01. The lowest BCUT2D eigenvalue weighted by Crippen LogP contribution is -2.57. The fourth-order valence-corrected chi connectivity index (χ4v) is 5.65. The first kappa shape index (κ1) is 39.1. The van der Waals surface area contributed by atoms with E-state index in [1.54, 1.807) is 0 Å². The van der Waals surface area contributed by atoms with Gasteiger partial charge in [0.15, 0.2) is 0 Å². The van der Waals surface area contributed by atoms with Crippen LogP contribution in [-0.4, -0.2) is 84.4 Å². The zero-order valence-electron chi connectivity index (χ0n) is 22.1. The van der Waals surface area contributed by atoms with Gasteiger partial charge in [-0.05, 0) is 17.8 Å². The van der Waals surface area contributed by atoms with Gasteiger partial charge in [0.1, 0.15) is 0 Å². The summed E-state index contributed by atoms with van der Waals surface area (Å²) in [5, 5.41) is 0. The number of hydrogen-bond acceptors (Lipinski definition) is 7. The van der Waals surface area contributed by atoms with E-state index in [0.29, 0.717) is 0 Å². The maximum absolute atomic E-state index is 13.0. The molecule has 22 heteroatoms. The quantitative estimate of drug-likeness (QED) is 0.228. The van der Waals surface area contributed by atoms with Crippen molar-refractivity contribution in [2.75, 3.05) is 19.6 Å². The Morgan fingerprint density at radius 3 is 0.775 bits per heavy atom. The second-order valence-corrected chi connectivity index (χ2v) is 15.1. The summed E-state index contributed by atoms with van der Waals surface area (Å²) in [4.78, 5) is 0.886. The normalized spacial score (nSPS) is 17.2. The van der Waals surface area contributed by atoms with E-state index in [9.17, 15) is 64.8 Å². The van der Waals surface area contributed by atoms with Crippen molar-refractivity contribution >= 4 is 30.1 Å². The van der Waals surface area contributed by atoms with Crippen LogP contribution in [0, 0.1) is 17.8 Å². The van der Waals surface area contributed by atoms with E-state index in [1.807, 2.05) is 0 Å². The van der Waals surface area contributed by atoms with Crippen LogP contribution in [0.4, 0.5) is 39.5 Å². The molecule has 0 aliphatic heterocycles. The molecule has 40 heavy (non-hydrogen) atoms. The number of rotatable bonds is 15. The van der Waals surface area contributed by atoms with E-state index < -0.39 is 102 Å². The molecule has 0 aromatic carbocycles. The molecular formula is C18H33F9N4O6S3. The molecule has 0 saturated carbocycles. The Balaban J connectivity index is 6.61.